The van der Waals surface area contributed by atoms with Gasteiger partial charge in [-0.25, -0.2) is 4.39 Å². The number of ether oxygens (including phenoxy) is 1. The third-order valence-corrected chi connectivity index (χ3v) is 2.59. The highest BCUT2D eigenvalue weighted by molar-refractivity contribution is 5.76. The van der Waals surface area contributed by atoms with Crippen LogP contribution in [0.25, 0.3) is 0 Å². The molecule has 110 valence electrons. The number of carbonyl (C=O) groups excluding carboxylic acids is 1. The molecule has 0 radical (unpaired) electrons. The number of amides is 1. The Labute approximate surface area is 116 Å². The van der Waals surface area contributed by atoms with Gasteiger partial charge in [0.1, 0.15) is 11.6 Å². The topological polar surface area (TPSA) is 75.6 Å². The van der Waals surface area contributed by atoms with Crippen LogP contribution in [0.5, 0.6) is 5.75 Å². The maximum atomic E-state index is 12.9. The van der Waals surface area contributed by atoms with Gasteiger partial charge in [-0.1, -0.05) is 6.07 Å². The smallest absolute Gasteiger partial charge is 0.303 e. The largest absolute Gasteiger partial charge is 0.493 e. The molecule has 1 aromatic carbocycles. The van der Waals surface area contributed by atoms with Crippen molar-refractivity contribution in [2.24, 2.45) is 0 Å². The Balaban J connectivity index is 2.21. The van der Waals surface area contributed by atoms with Gasteiger partial charge in [0.05, 0.1) is 13.0 Å². The number of aliphatic carboxylic acids is 1. The SMILES string of the molecule is CC(CCC(=O)O)NC(=O)CCOc1cccc(F)c1. The molecule has 20 heavy (non-hydrogen) atoms. The van der Waals surface area contributed by atoms with Gasteiger partial charge < -0.3 is 15.2 Å². The molecule has 5 nitrogen and oxygen atoms in total. The maximum absolute atomic E-state index is 12.9. The molecule has 0 heterocycles. The molecule has 0 fully saturated rings. The summed E-state index contributed by atoms with van der Waals surface area (Å²) in [6.07, 6.45) is 0.529. The van der Waals surface area contributed by atoms with Crippen LogP contribution in [0.3, 0.4) is 0 Å². The molecule has 6 heteroatoms. The second-order valence-corrected chi connectivity index (χ2v) is 4.46. The van der Waals surface area contributed by atoms with Crippen molar-refractivity contribution in [2.75, 3.05) is 6.61 Å². The molecule has 0 bridgehead atoms. The molecule has 0 spiro atoms. The van der Waals surface area contributed by atoms with Crippen LogP contribution in [0.2, 0.25) is 0 Å². The summed E-state index contributed by atoms with van der Waals surface area (Å²) in [6.45, 7) is 1.88. The predicted octanol–water partition coefficient (Wildman–Crippen LogP) is 1.96. The number of benzene rings is 1. The van der Waals surface area contributed by atoms with E-state index in [0.717, 1.165) is 0 Å². The van der Waals surface area contributed by atoms with E-state index >= 15 is 0 Å². The van der Waals surface area contributed by atoms with E-state index in [1.165, 1.54) is 18.2 Å². The van der Waals surface area contributed by atoms with Gasteiger partial charge in [-0.15, -0.1) is 0 Å². The van der Waals surface area contributed by atoms with Crippen molar-refractivity contribution in [1.82, 2.24) is 5.32 Å². The van der Waals surface area contributed by atoms with Crippen LogP contribution >= 0.6 is 0 Å². The Morgan fingerprint density at radius 2 is 2.15 bits per heavy atom. The van der Waals surface area contributed by atoms with E-state index < -0.39 is 11.8 Å². The highest BCUT2D eigenvalue weighted by atomic mass is 19.1. The minimum Gasteiger partial charge on any atom is -0.493 e. The first kappa shape index (κ1) is 15.9. The predicted molar refractivity (Wildman–Crippen MR) is 71.0 cm³/mol. The van der Waals surface area contributed by atoms with Gasteiger partial charge in [0.25, 0.3) is 0 Å². The highest BCUT2D eigenvalue weighted by Gasteiger charge is 2.09. The lowest BCUT2D eigenvalue weighted by atomic mass is 10.2. The Kier molecular flexibility index (Phi) is 6.49. The average Bonchev–Trinajstić information content (AvgIpc) is 2.36. The third-order valence-electron chi connectivity index (χ3n) is 2.59. The molecular weight excluding hydrogens is 265 g/mol. The van der Waals surface area contributed by atoms with E-state index in [-0.39, 0.29) is 31.4 Å². The molecule has 1 amide bonds. The lowest BCUT2D eigenvalue weighted by Crippen LogP contribution is -2.33. The van der Waals surface area contributed by atoms with Crippen molar-refractivity contribution in [3.63, 3.8) is 0 Å². The fourth-order valence-electron chi connectivity index (χ4n) is 1.58. The molecule has 0 aliphatic carbocycles. The van der Waals surface area contributed by atoms with Crippen molar-refractivity contribution >= 4 is 11.9 Å². The van der Waals surface area contributed by atoms with E-state index in [1.807, 2.05) is 0 Å². The van der Waals surface area contributed by atoms with Crippen LogP contribution in [0.1, 0.15) is 26.2 Å². The summed E-state index contributed by atoms with van der Waals surface area (Å²) in [4.78, 5) is 21.9. The first-order chi connectivity index (χ1) is 9.47. The minimum absolute atomic E-state index is 0.0151. The molecule has 1 aromatic rings. The molecule has 0 aliphatic rings. The van der Waals surface area contributed by atoms with Gasteiger partial charge in [-0.2, -0.15) is 0 Å². The van der Waals surface area contributed by atoms with Crippen LogP contribution in [0.15, 0.2) is 24.3 Å². The Morgan fingerprint density at radius 3 is 2.80 bits per heavy atom. The number of rotatable bonds is 8. The van der Waals surface area contributed by atoms with E-state index in [2.05, 4.69) is 5.32 Å². The number of hydrogen-bond acceptors (Lipinski definition) is 3. The molecule has 0 saturated heterocycles. The molecule has 0 aliphatic heterocycles. The first-order valence-electron chi connectivity index (χ1n) is 6.37. The van der Waals surface area contributed by atoms with Crippen LogP contribution in [-0.4, -0.2) is 29.6 Å². The number of carboxylic acid groups (broad SMARTS) is 1. The first-order valence-corrected chi connectivity index (χ1v) is 6.37. The van der Waals surface area contributed by atoms with Gasteiger partial charge in [-0.05, 0) is 25.5 Å². The number of hydrogen-bond donors (Lipinski definition) is 2. The number of halogens is 1. The lowest BCUT2D eigenvalue weighted by molar-refractivity contribution is -0.137. The van der Waals surface area contributed by atoms with E-state index in [0.29, 0.717) is 12.2 Å². The summed E-state index contributed by atoms with van der Waals surface area (Å²) < 4.78 is 18.1. The molecule has 0 saturated carbocycles. The summed E-state index contributed by atoms with van der Waals surface area (Å²) >= 11 is 0. The maximum Gasteiger partial charge on any atom is 0.303 e. The summed E-state index contributed by atoms with van der Waals surface area (Å²) in [6, 6.07) is 5.49. The van der Waals surface area contributed by atoms with Crippen molar-refractivity contribution in [1.29, 1.82) is 0 Å². The summed E-state index contributed by atoms with van der Waals surface area (Å²) in [5.74, 6) is -1.13. The van der Waals surface area contributed by atoms with Crippen LogP contribution in [0.4, 0.5) is 4.39 Å². The zero-order valence-electron chi connectivity index (χ0n) is 11.3. The molecule has 1 rings (SSSR count). The highest BCUT2D eigenvalue weighted by Crippen LogP contribution is 2.11. The summed E-state index contributed by atoms with van der Waals surface area (Å²) in [5, 5.41) is 11.2. The van der Waals surface area contributed by atoms with Gasteiger partial charge in [0.2, 0.25) is 5.91 Å². The zero-order valence-corrected chi connectivity index (χ0v) is 11.3. The second-order valence-electron chi connectivity index (χ2n) is 4.46. The van der Waals surface area contributed by atoms with Crippen molar-refractivity contribution in [2.45, 2.75) is 32.2 Å². The third kappa shape index (κ3) is 6.72. The number of carbonyl (C=O) groups is 2. The van der Waals surface area contributed by atoms with Crippen molar-refractivity contribution in [3.8, 4) is 5.75 Å². The van der Waals surface area contributed by atoms with E-state index in [1.54, 1.807) is 13.0 Å². The quantitative estimate of drug-likeness (QED) is 0.764. The Morgan fingerprint density at radius 1 is 1.40 bits per heavy atom. The van der Waals surface area contributed by atoms with Gasteiger partial charge in [-0.3, -0.25) is 9.59 Å². The van der Waals surface area contributed by atoms with Gasteiger partial charge in [0.15, 0.2) is 0 Å². The van der Waals surface area contributed by atoms with Crippen molar-refractivity contribution in [3.05, 3.63) is 30.1 Å². The second kappa shape index (κ2) is 8.14. The average molecular weight is 283 g/mol. The van der Waals surface area contributed by atoms with Crippen molar-refractivity contribution < 1.29 is 23.8 Å². The minimum atomic E-state index is -0.888. The lowest BCUT2D eigenvalue weighted by Gasteiger charge is -2.13. The zero-order chi connectivity index (χ0) is 15.0. The molecule has 1 atom stereocenters. The van der Waals surface area contributed by atoms with Gasteiger partial charge >= 0.3 is 5.97 Å². The number of carboxylic acids is 1. The Bertz CT molecular complexity index is 464. The fraction of sp³-hybridized carbons (Fsp3) is 0.429. The molecule has 0 aromatic heterocycles. The number of nitrogens with one attached hydrogen (secondary N) is 1. The monoisotopic (exact) mass is 283 g/mol. The van der Waals surface area contributed by atoms with Crippen LogP contribution in [-0.2, 0) is 9.59 Å². The van der Waals surface area contributed by atoms with Gasteiger partial charge in [0, 0.05) is 18.5 Å². The normalized spacial score (nSPS) is 11.7. The van der Waals surface area contributed by atoms with E-state index in [4.69, 9.17) is 9.84 Å². The molecule has 2 N–H and O–H groups in total. The standard InChI is InChI=1S/C14H18FNO4/c1-10(5-6-14(18)19)16-13(17)7-8-20-12-4-2-3-11(15)9-12/h2-4,9-10H,5-8H2,1H3,(H,16,17)(H,18,19). The molecule has 1 unspecified atom stereocenters. The fourth-order valence-corrected chi connectivity index (χ4v) is 1.58. The summed E-state index contributed by atoms with van der Waals surface area (Å²) in [5.41, 5.74) is 0. The van der Waals surface area contributed by atoms with Crippen LogP contribution < -0.4 is 10.1 Å². The summed E-state index contributed by atoms with van der Waals surface area (Å²) in [7, 11) is 0. The van der Waals surface area contributed by atoms with E-state index in [9.17, 15) is 14.0 Å². The van der Waals surface area contributed by atoms with Crippen LogP contribution in [0, 0.1) is 5.82 Å². The molecular formula is C14H18FNO4. The Hall–Kier alpha value is -2.11.